The maximum Gasteiger partial charge on any atom is 0.252 e. The van der Waals surface area contributed by atoms with E-state index in [1.165, 1.54) is 16.4 Å². The number of thiophene rings is 1. The fourth-order valence-corrected chi connectivity index (χ4v) is 4.51. The van der Waals surface area contributed by atoms with Gasteiger partial charge in [-0.25, -0.2) is 8.42 Å². The molecule has 0 fully saturated rings. The minimum absolute atomic E-state index is 0.0109. The summed E-state index contributed by atoms with van der Waals surface area (Å²) >= 11 is 0.932. The molecule has 0 spiro atoms. The van der Waals surface area contributed by atoms with Crippen molar-refractivity contribution in [3.8, 4) is 6.07 Å². The molecule has 0 aliphatic carbocycles. The Hall–Kier alpha value is -1.72. The van der Waals surface area contributed by atoms with E-state index in [1.807, 2.05) is 36.4 Å². The molecule has 1 aromatic heterocycles. The van der Waals surface area contributed by atoms with Gasteiger partial charge < -0.3 is 5.11 Å². The largest absolute Gasteiger partial charge is 0.395 e. The molecule has 110 valence electrons. The predicted octanol–water partition coefficient (Wildman–Crippen LogP) is 1.80. The van der Waals surface area contributed by atoms with Gasteiger partial charge in [0.15, 0.2) is 0 Å². The highest BCUT2D eigenvalue weighted by atomic mass is 32.2. The zero-order valence-electron chi connectivity index (χ0n) is 11.1. The van der Waals surface area contributed by atoms with Crippen LogP contribution in [0.15, 0.2) is 46.7 Å². The normalized spacial score (nSPS) is 11.5. The van der Waals surface area contributed by atoms with E-state index in [0.29, 0.717) is 4.88 Å². The van der Waals surface area contributed by atoms with E-state index >= 15 is 0 Å². The van der Waals surface area contributed by atoms with Gasteiger partial charge in [-0.05, 0) is 17.7 Å². The quantitative estimate of drug-likeness (QED) is 0.879. The minimum Gasteiger partial charge on any atom is -0.395 e. The van der Waals surface area contributed by atoms with Crippen LogP contribution in [0, 0.1) is 11.3 Å². The number of nitriles is 1. The Kier molecular flexibility index (Phi) is 5.09. The number of sulfonamides is 1. The van der Waals surface area contributed by atoms with Crippen molar-refractivity contribution in [3.63, 3.8) is 0 Å². The topological polar surface area (TPSA) is 81.4 Å². The lowest BCUT2D eigenvalue weighted by Crippen LogP contribution is -2.32. The molecule has 0 saturated carbocycles. The lowest BCUT2D eigenvalue weighted by atomic mass is 10.2. The highest BCUT2D eigenvalue weighted by Gasteiger charge is 2.26. The molecule has 0 aliphatic rings. The fourth-order valence-electron chi connectivity index (χ4n) is 1.83. The molecule has 1 heterocycles. The third-order valence-electron chi connectivity index (χ3n) is 2.84. The number of benzene rings is 1. The summed E-state index contributed by atoms with van der Waals surface area (Å²) in [6, 6.07) is 14.0. The molecule has 21 heavy (non-hydrogen) atoms. The van der Waals surface area contributed by atoms with Gasteiger partial charge in [0.05, 0.1) is 6.61 Å². The maximum absolute atomic E-state index is 12.6. The standard InChI is InChI=1S/C14H14N2O3S2/c15-10-13-6-7-14(20-13)21(18,19)16(8-9-17)11-12-4-2-1-3-5-12/h1-7,17H,8-9,11H2. The first-order valence-corrected chi connectivity index (χ1v) is 8.48. The van der Waals surface area contributed by atoms with Crippen molar-refractivity contribution >= 4 is 21.4 Å². The van der Waals surface area contributed by atoms with Gasteiger partial charge in [0.25, 0.3) is 10.0 Å². The van der Waals surface area contributed by atoms with Gasteiger partial charge in [0.2, 0.25) is 0 Å². The van der Waals surface area contributed by atoms with E-state index < -0.39 is 10.0 Å². The van der Waals surface area contributed by atoms with Crippen molar-refractivity contribution in [1.29, 1.82) is 5.26 Å². The van der Waals surface area contributed by atoms with Crippen LogP contribution in [-0.4, -0.2) is 31.0 Å². The fraction of sp³-hybridized carbons (Fsp3) is 0.214. The molecule has 0 bridgehead atoms. The van der Waals surface area contributed by atoms with Gasteiger partial charge in [0, 0.05) is 13.1 Å². The van der Waals surface area contributed by atoms with Gasteiger partial charge in [-0.3, -0.25) is 0 Å². The Morgan fingerprint density at radius 3 is 2.48 bits per heavy atom. The predicted molar refractivity (Wildman–Crippen MR) is 80.2 cm³/mol. The molecule has 0 amide bonds. The van der Waals surface area contributed by atoms with Crippen molar-refractivity contribution in [2.45, 2.75) is 10.8 Å². The van der Waals surface area contributed by atoms with E-state index in [4.69, 9.17) is 10.4 Å². The van der Waals surface area contributed by atoms with Crippen molar-refractivity contribution in [2.75, 3.05) is 13.2 Å². The molecule has 2 rings (SSSR count). The van der Waals surface area contributed by atoms with Crippen LogP contribution in [0.4, 0.5) is 0 Å². The van der Waals surface area contributed by atoms with Crippen molar-refractivity contribution in [3.05, 3.63) is 52.9 Å². The Labute approximate surface area is 127 Å². The number of hydrogen-bond donors (Lipinski definition) is 1. The molecule has 0 radical (unpaired) electrons. The lowest BCUT2D eigenvalue weighted by molar-refractivity contribution is 0.251. The van der Waals surface area contributed by atoms with E-state index in [0.717, 1.165) is 16.9 Å². The third-order valence-corrected chi connectivity index (χ3v) is 6.14. The number of aliphatic hydroxyl groups is 1. The second kappa shape index (κ2) is 6.83. The first-order chi connectivity index (χ1) is 10.1. The van der Waals surface area contributed by atoms with E-state index in [-0.39, 0.29) is 23.9 Å². The molecule has 1 N–H and O–H groups in total. The van der Waals surface area contributed by atoms with Gasteiger partial charge in [0.1, 0.15) is 15.2 Å². The molecular formula is C14H14N2O3S2. The molecule has 0 aliphatic heterocycles. The first kappa shape index (κ1) is 15.7. The summed E-state index contributed by atoms with van der Waals surface area (Å²) in [5, 5.41) is 17.9. The van der Waals surface area contributed by atoms with E-state index in [9.17, 15) is 8.42 Å². The van der Waals surface area contributed by atoms with E-state index in [1.54, 1.807) is 0 Å². The Balaban J connectivity index is 2.30. The second-order valence-electron chi connectivity index (χ2n) is 4.28. The molecule has 5 nitrogen and oxygen atoms in total. The Morgan fingerprint density at radius 1 is 1.19 bits per heavy atom. The Bertz CT molecular complexity index is 733. The lowest BCUT2D eigenvalue weighted by Gasteiger charge is -2.20. The second-order valence-corrected chi connectivity index (χ2v) is 7.53. The number of aliphatic hydroxyl groups excluding tert-OH is 1. The van der Waals surface area contributed by atoms with Gasteiger partial charge in [-0.2, -0.15) is 9.57 Å². The molecule has 0 unspecified atom stereocenters. The maximum atomic E-state index is 12.6. The number of rotatable bonds is 6. The highest BCUT2D eigenvalue weighted by Crippen LogP contribution is 2.25. The van der Waals surface area contributed by atoms with Crippen molar-refractivity contribution in [2.24, 2.45) is 0 Å². The van der Waals surface area contributed by atoms with Gasteiger partial charge >= 0.3 is 0 Å². The molecular weight excluding hydrogens is 308 g/mol. The third kappa shape index (κ3) is 3.68. The Morgan fingerprint density at radius 2 is 1.90 bits per heavy atom. The van der Waals surface area contributed by atoms with Crippen molar-refractivity contribution < 1.29 is 13.5 Å². The molecule has 2 aromatic rings. The zero-order valence-corrected chi connectivity index (χ0v) is 12.8. The molecule has 7 heteroatoms. The van der Waals surface area contributed by atoms with E-state index in [2.05, 4.69) is 0 Å². The van der Waals surface area contributed by atoms with Crippen LogP contribution >= 0.6 is 11.3 Å². The molecule has 0 saturated heterocycles. The molecule has 1 aromatic carbocycles. The summed E-state index contributed by atoms with van der Waals surface area (Å²) in [6.45, 7) is -0.0664. The average Bonchev–Trinajstić information content (AvgIpc) is 2.97. The van der Waals surface area contributed by atoms with Crippen LogP contribution < -0.4 is 0 Å². The highest BCUT2D eigenvalue weighted by molar-refractivity contribution is 7.91. The van der Waals surface area contributed by atoms with Crippen LogP contribution in [0.1, 0.15) is 10.4 Å². The van der Waals surface area contributed by atoms with Crippen LogP contribution in [-0.2, 0) is 16.6 Å². The average molecular weight is 322 g/mol. The number of nitrogens with zero attached hydrogens (tertiary/aromatic N) is 2. The summed E-state index contributed by atoms with van der Waals surface area (Å²) < 4.78 is 26.5. The van der Waals surface area contributed by atoms with Crippen LogP contribution in [0.3, 0.4) is 0 Å². The minimum atomic E-state index is -3.71. The summed E-state index contributed by atoms with van der Waals surface area (Å²) in [6.07, 6.45) is 0. The summed E-state index contributed by atoms with van der Waals surface area (Å²) in [5.41, 5.74) is 0.839. The molecule has 0 atom stereocenters. The summed E-state index contributed by atoms with van der Waals surface area (Å²) in [5.74, 6) is 0. The van der Waals surface area contributed by atoms with Gasteiger partial charge in [-0.15, -0.1) is 11.3 Å². The van der Waals surface area contributed by atoms with Gasteiger partial charge in [-0.1, -0.05) is 30.3 Å². The number of hydrogen-bond acceptors (Lipinski definition) is 5. The van der Waals surface area contributed by atoms with Crippen LogP contribution in [0.2, 0.25) is 0 Å². The smallest absolute Gasteiger partial charge is 0.252 e. The summed E-state index contributed by atoms with van der Waals surface area (Å²) in [7, 11) is -3.71. The van der Waals surface area contributed by atoms with Crippen molar-refractivity contribution in [1.82, 2.24) is 4.31 Å². The zero-order chi connectivity index (χ0) is 15.3. The van der Waals surface area contributed by atoms with Crippen LogP contribution in [0.25, 0.3) is 0 Å². The summed E-state index contributed by atoms with van der Waals surface area (Å²) in [4.78, 5) is 0.345. The SMILES string of the molecule is N#Cc1ccc(S(=O)(=O)N(CCO)Cc2ccccc2)s1. The monoisotopic (exact) mass is 322 g/mol. The van der Waals surface area contributed by atoms with Crippen LogP contribution in [0.5, 0.6) is 0 Å². The first-order valence-electron chi connectivity index (χ1n) is 6.23.